The van der Waals surface area contributed by atoms with Crippen molar-refractivity contribution in [3.8, 4) is 0 Å². The molecule has 1 aliphatic rings. The molecule has 2 nitrogen and oxygen atoms in total. The van der Waals surface area contributed by atoms with Gasteiger partial charge in [0.15, 0.2) is 0 Å². The molecule has 2 aromatic carbocycles. The highest BCUT2D eigenvalue weighted by atomic mass is 19.1. The van der Waals surface area contributed by atoms with Gasteiger partial charge >= 0.3 is 0 Å². The first-order valence-corrected chi connectivity index (χ1v) is 7.57. The van der Waals surface area contributed by atoms with Gasteiger partial charge in [0.1, 0.15) is 5.82 Å². The third-order valence-corrected chi connectivity index (χ3v) is 4.06. The van der Waals surface area contributed by atoms with Crippen LogP contribution in [0.25, 0.3) is 0 Å². The summed E-state index contributed by atoms with van der Waals surface area (Å²) in [5.41, 5.74) is 2.51. The first kappa shape index (κ1) is 14.2. The minimum atomic E-state index is -0.170. The molecule has 1 saturated heterocycles. The van der Waals surface area contributed by atoms with Crippen molar-refractivity contribution in [2.75, 3.05) is 19.6 Å². The van der Waals surface area contributed by atoms with Gasteiger partial charge in [-0.25, -0.2) is 4.39 Å². The molecule has 1 atom stereocenters. The van der Waals surface area contributed by atoms with E-state index < -0.39 is 0 Å². The fourth-order valence-corrected chi connectivity index (χ4v) is 2.95. The molecule has 1 unspecified atom stereocenters. The molecule has 3 rings (SSSR count). The predicted octanol–water partition coefficient (Wildman–Crippen LogP) is 3.36. The second-order valence-corrected chi connectivity index (χ2v) is 5.58. The van der Waals surface area contributed by atoms with Gasteiger partial charge in [-0.3, -0.25) is 4.90 Å². The molecule has 0 aromatic heterocycles. The van der Waals surface area contributed by atoms with Crippen molar-refractivity contribution in [2.45, 2.75) is 19.0 Å². The summed E-state index contributed by atoms with van der Waals surface area (Å²) in [6.07, 6.45) is 1.14. The van der Waals surface area contributed by atoms with Crippen molar-refractivity contribution < 1.29 is 4.39 Å². The third kappa shape index (κ3) is 3.69. The highest BCUT2D eigenvalue weighted by Crippen LogP contribution is 2.24. The number of nitrogens with one attached hydrogen (secondary N) is 1. The molecule has 0 saturated carbocycles. The number of benzene rings is 2. The van der Waals surface area contributed by atoms with Crippen LogP contribution in [0.4, 0.5) is 4.39 Å². The van der Waals surface area contributed by atoms with E-state index in [2.05, 4.69) is 40.5 Å². The van der Waals surface area contributed by atoms with Gasteiger partial charge in [-0.2, -0.15) is 0 Å². The van der Waals surface area contributed by atoms with Crippen molar-refractivity contribution in [1.82, 2.24) is 10.2 Å². The standard InChI is InChI=1S/C18H21FN2/c19-17-9-7-15(8-10-17)14-21-12-4-11-20-13-18(21)16-5-2-1-3-6-16/h1-3,5-10,18,20H,4,11-14H2. The van der Waals surface area contributed by atoms with Crippen LogP contribution in [0.15, 0.2) is 54.6 Å². The van der Waals surface area contributed by atoms with Crippen LogP contribution in [0.3, 0.4) is 0 Å². The molecule has 0 amide bonds. The smallest absolute Gasteiger partial charge is 0.123 e. The summed E-state index contributed by atoms with van der Waals surface area (Å²) < 4.78 is 13.0. The van der Waals surface area contributed by atoms with E-state index in [1.54, 1.807) is 12.1 Å². The van der Waals surface area contributed by atoms with Crippen molar-refractivity contribution in [3.05, 3.63) is 71.5 Å². The summed E-state index contributed by atoms with van der Waals surface area (Å²) in [7, 11) is 0. The second-order valence-electron chi connectivity index (χ2n) is 5.58. The molecule has 1 aliphatic heterocycles. The number of hydrogen-bond acceptors (Lipinski definition) is 2. The Morgan fingerprint density at radius 2 is 1.81 bits per heavy atom. The van der Waals surface area contributed by atoms with Crippen LogP contribution in [0.5, 0.6) is 0 Å². The van der Waals surface area contributed by atoms with Gasteiger partial charge in [-0.15, -0.1) is 0 Å². The molecular formula is C18H21FN2. The summed E-state index contributed by atoms with van der Waals surface area (Å²) in [6, 6.07) is 17.9. The lowest BCUT2D eigenvalue weighted by molar-refractivity contribution is 0.202. The number of halogens is 1. The van der Waals surface area contributed by atoms with E-state index in [0.29, 0.717) is 6.04 Å². The summed E-state index contributed by atoms with van der Waals surface area (Å²) in [6.45, 7) is 3.94. The lowest BCUT2D eigenvalue weighted by Crippen LogP contribution is -2.32. The average molecular weight is 284 g/mol. The molecule has 0 spiro atoms. The number of rotatable bonds is 3. The Hall–Kier alpha value is -1.71. The van der Waals surface area contributed by atoms with E-state index >= 15 is 0 Å². The van der Waals surface area contributed by atoms with Crippen LogP contribution in [0.1, 0.15) is 23.6 Å². The summed E-state index contributed by atoms with van der Waals surface area (Å²) in [5, 5.41) is 3.52. The molecule has 0 radical (unpaired) electrons. The average Bonchev–Trinajstić information content (AvgIpc) is 2.76. The van der Waals surface area contributed by atoms with Gasteiger partial charge in [0.05, 0.1) is 0 Å². The Morgan fingerprint density at radius 1 is 1.05 bits per heavy atom. The zero-order chi connectivity index (χ0) is 14.5. The van der Waals surface area contributed by atoms with Gasteiger partial charge in [0.2, 0.25) is 0 Å². The van der Waals surface area contributed by atoms with Crippen LogP contribution >= 0.6 is 0 Å². The molecule has 21 heavy (non-hydrogen) atoms. The molecule has 3 heteroatoms. The van der Waals surface area contributed by atoms with Crippen LogP contribution in [0.2, 0.25) is 0 Å². The molecule has 1 N–H and O–H groups in total. The summed E-state index contributed by atoms with van der Waals surface area (Å²) in [4.78, 5) is 2.49. The van der Waals surface area contributed by atoms with E-state index in [0.717, 1.165) is 32.6 Å². The molecule has 110 valence electrons. The SMILES string of the molecule is Fc1ccc(CN2CCCNCC2c2ccccc2)cc1. The molecule has 0 bridgehead atoms. The van der Waals surface area contributed by atoms with E-state index in [9.17, 15) is 4.39 Å². The van der Waals surface area contributed by atoms with Crippen LogP contribution in [0, 0.1) is 5.82 Å². The molecule has 2 aromatic rings. The van der Waals surface area contributed by atoms with E-state index in [1.807, 2.05) is 12.1 Å². The topological polar surface area (TPSA) is 15.3 Å². The fourth-order valence-electron chi connectivity index (χ4n) is 2.95. The van der Waals surface area contributed by atoms with Crippen molar-refractivity contribution in [1.29, 1.82) is 0 Å². The Labute approximate surface area is 125 Å². The normalized spacial score (nSPS) is 20.1. The van der Waals surface area contributed by atoms with Crippen molar-refractivity contribution in [3.63, 3.8) is 0 Å². The lowest BCUT2D eigenvalue weighted by Gasteiger charge is -2.30. The molecule has 1 fully saturated rings. The van der Waals surface area contributed by atoms with Gasteiger partial charge < -0.3 is 5.32 Å². The van der Waals surface area contributed by atoms with Gasteiger partial charge in [0, 0.05) is 25.7 Å². The third-order valence-electron chi connectivity index (χ3n) is 4.06. The van der Waals surface area contributed by atoms with Crippen LogP contribution in [-0.4, -0.2) is 24.5 Å². The monoisotopic (exact) mass is 284 g/mol. The second kappa shape index (κ2) is 6.83. The zero-order valence-electron chi connectivity index (χ0n) is 12.1. The highest BCUT2D eigenvalue weighted by Gasteiger charge is 2.22. The van der Waals surface area contributed by atoms with E-state index in [4.69, 9.17) is 0 Å². The zero-order valence-corrected chi connectivity index (χ0v) is 12.1. The minimum absolute atomic E-state index is 0.170. The van der Waals surface area contributed by atoms with Gasteiger partial charge in [-0.1, -0.05) is 42.5 Å². The summed E-state index contributed by atoms with van der Waals surface area (Å²) >= 11 is 0. The first-order chi connectivity index (χ1) is 10.3. The van der Waals surface area contributed by atoms with Crippen molar-refractivity contribution >= 4 is 0 Å². The summed E-state index contributed by atoms with van der Waals surface area (Å²) in [5.74, 6) is -0.170. The maximum Gasteiger partial charge on any atom is 0.123 e. The maximum absolute atomic E-state index is 13.0. The largest absolute Gasteiger partial charge is 0.315 e. The Morgan fingerprint density at radius 3 is 2.57 bits per heavy atom. The first-order valence-electron chi connectivity index (χ1n) is 7.57. The van der Waals surface area contributed by atoms with Gasteiger partial charge in [0.25, 0.3) is 0 Å². The maximum atomic E-state index is 13.0. The van der Waals surface area contributed by atoms with Gasteiger partial charge in [-0.05, 0) is 36.2 Å². The highest BCUT2D eigenvalue weighted by molar-refractivity contribution is 5.21. The lowest BCUT2D eigenvalue weighted by atomic mass is 10.0. The molecule has 0 aliphatic carbocycles. The van der Waals surface area contributed by atoms with Crippen LogP contribution < -0.4 is 5.32 Å². The van der Waals surface area contributed by atoms with E-state index in [1.165, 1.54) is 11.1 Å². The molecule has 1 heterocycles. The Balaban J connectivity index is 1.80. The van der Waals surface area contributed by atoms with E-state index in [-0.39, 0.29) is 5.82 Å². The number of nitrogens with zero attached hydrogens (tertiary/aromatic N) is 1. The minimum Gasteiger partial charge on any atom is -0.315 e. The Bertz CT molecular complexity index is 553. The number of hydrogen-bond donors (Lipinski definition) is 1. The Kier molecular flexibility index (Phi) is 4.63. The fraction of sp³-hybridized carbons (Fsp3) is 0.333. The van der Waals surface area contributed by atoms with Crippen molar-refractivity contribution in [2.24, 2.45) is 0 Å². The molecular weight excluding hydrogens is 263 g/mol. The quantitative estimate of drug-likeness (QED) is 0.929. The van der Waals surface area contributed by atoms with Crippen LogP contribution in [-0.2, 0) is 6.54 Å². The predicted molar refractivity (Wildman–Crippen MR) is 83.5 cm³/mol.